The fourth-order valence-corrected chi connectivity index (χ4v) is 2.00. The fourth-order valence-electron chi connectivity index (χ4n) is 2.00. The molecule has 0 atom stereocenters. The Labute approximate surface area is 118 Å². The smallest absolute Gasteiger partial charge is 0.137 e. The van der Waals surface area contributed by atoms with Crippen molar-refractivity contribution in [2.45, 2.75) is 6.92 Å². The van der Waals surface area contributed by atoms with Gasteiger partial charge in [-0.2, -0.15) is 0 Å². The molecule has 3 heteroatoms. The van der Waals surface area contributed by atoms with E-state index in [0.29, 0.717) is 6.61 Å². The van der Waals surface area contributed by atoms with E-state index in [0.717, 1.165) is 28.2 Å². The van der Waals surface area contributed by atoms with Crippen LogP contribution in [0.3, 0.4) is 0 Å². The molecule has 20 heavy (non-hydrogen) atoms. The van der Waals surface area contributed by atoms with Gasteiger partial charge in [0, 0.05) is 18.0 Å². The summed E-state index contributed by atoms with van der Waals surface area (Å²) in [5, 5.41) is 0. The average molecular weight is 264 g/mol. The second kappa shape index (κ2) is 5.21. The van der Waals surface area contributed by atoms with E-state index < -0.39 is 0 Å². The first kappa shape index (κ1) is 12.5. The average Bonchev–Trinajstić information content (AvgIpc) is 2.89. The number of rotatable bonds is 4. The van der Waals surface area contributed by atoms with Crippen LogP contribution < -0.4 is 4.74 Å². The van der Waals surface area contributed by atoms with E-state index in [1.807, 2.05) is 66.2 Å². The van der Waals surface area contributed by atoms with E-state index >= 15 is 0 Å². The van der Waals surface area contributed by atoms with E-state index in [1.54, 1.807) is 0 Å². The minimum absolute atomic E-state index is 0.549. The van der Waals surface area contributed by atoms with Gasteiger partial charge in [0.05, 0.1) is 5.69 Å². The number of fused-ring (bicyclic) bond motifs is 1. The molecule has 0 N–H and O–H groups in total. The molecule has 3 nitrogen and oxygen atoms in total. The highest BCUT2D eigenvalue weighted by Gasteiger charge is 2.04. The number of imidazole rings is 1. The summed E-state index contributed by atoms with van der Waals surface area (Å²) in [5.41, 5.74) is 4.00. The van der Waals surface area contributed by atoms with Crippen molar-refractivity contribution in [1.82, 2.24) is 9.38 Å². The van der Waals surface area contributed by atoms with Gasteiger partial charge < -0.3 is 9.14 Å². The molecule has 3 aromatic rings. The summed E-state index contributed by atoms with van der Waals surface area (Å²) in [7, 11) is 0. The molecule has 0 aliphatic rings. The van der Waals surface area contributed by atoms with Crippen molar-refractivity contribution in [2.75, 3.05) is 6.61 Å². The lowest BCUT2D eigenvalue weighted by Gasteiger charge is -2.05. The maximum atomic E-state index is 5.59. The summed E-state index contributed by atoms with van der Waals surface area (Å²) in [6.07, 6.45) is 4.02. The van der Waals surface area contributed by atoms with Crippen LogP contribution in [0.25, 0.3) is 16.9 Å². The summed E-state index contributed by atoms with van der Waals surface area (Å²) in [6, 6.07) is 13.9. The van der Waals surface area contributed by atoms with Crippen LogP contribution in [-0.2, 0) is 0 Å². The maximum absolute atomic E-state index is 5.59. The number of nitrogens with zero attached hydrogens (tertiary/aromatic N) is 2. The van der Waals surface area contributed by atoms with E-state index in [2.05, 4.69) is 11.6 Å². The molecule has 2 aromatic heterocycles. The van der Waals surface area contributed by atoms with Gasteiger partial charge >= 0.3 is 0 Å². The van der Waals surface area contributed by atoms with Gasteiger partial charge in [0.25, 0.3) is 0 Å². The maximum Gasteiger partial charge on any atom is 0.137 e. The number of pyridine rings is 1. The lowest BCUT2D eigenvalue weighted by atomic mass is 10.1. The summed E-state index contributed by atoms with van der Waals surface area (Å²) in [5.74, 6) is 0.848. The molecule has 0 spiro atoms. The first-order valence-corrected chi connectivity index (χ1v) is 6.54. The molecule has 0 saturated carbocycles. The molecule has 0 bridgehead atoms. The first-order chi connectivity index (χ1) is 9.72. The predicted octanol–water partition coefficient (Wildman–Crippen LogP) is 3.96. The van der Waals surface area contributed by atoms with Crippen LogP contribution in [-0.4, -0.2) is 16.0 Å². The zero-order chi connectivity index (χ0) is 13.9. The van der Waals surface area contributed by atoms with Gasteiger partial charge in [-0.1, -0.05) is 12.6 Å². The molecular formula is C17H16N2O. The lowest BCUT2D eigenvalue weighted by molar-refractivity contribution is 0.353. The van der Waals surface area contributed by atoms with Crippen molar-refractivity contribution in [1.29, 1.82) is 0 Å². The normalized spacial score (nSPS) is 10.7. The topological polar surface area (TPSA) is 26.5 Å². The van der Waals surface area contributed by atoms with Gasteiger partial charge in [-0.3, -0.25) is 0 Å². The Hall–Kier alpha value is -2.55. The molecule has 0 aliphatic carbocycles. The van der Waals surface area contributed by atoms with Crippen LogP contribution in [0.15, 0.2) is 67.0 Å². The largest absolute Gasteiger partial charge is 0.489 e. The molecule has 3 rings (SSSR count). The number of ether oxygens (including phenoxy) is 1. The van der Waals surface area contributed by atoms with Gasteiger partial charge in [0.2, 0.25) is 0 Å². The van der Waals surface area contributed by atoms with E-state index in [9.17, 15) is 0 Å². The molecule has 0 aliphatic heterocycles. The van der Waals surface area contributed by atoms with Gasteiger partial charge in [0.15, 0.2) is 0 Å². The molecule has 1 aromatic carbocycles. The van der Waals surface area contributed by atoms with Crippen molar-refractivity contribution in [3.05, 3.63) is 67.0 Å². The van der Waals surface area contributed by atoms with Crippen LogP contribution >= 0.6 is 0 Å². The van der Waals surface area contributed by atoms with Crippen molar-refractivity contribution in [2.24, 2.45) is 0 Å². The van der Waals surface area contributed by atoms with Crippen molar-refractivity contribution in [3.8, 4) is 17.0 Å². The Morgan fingerprint density at radius 2 is 2.00 bits per heavy atom. The van der Waals surface area contributed by atoms with Crippen LogP contribution in [0.1, 0.15) is 6.92 Å². The first-order valence-electron chi connectivity index (χ1n) is 6.54. The summed E-state index contributed by atoms with van der Waals surface area (Å²) >= 11 is 0. The monoisotopic (exact) mass is 264 g/mol. The highest BCUT2D eigenvalue weighted by atomic mass is 16.5. The highest BCUT2D eigenvalue weighted by Crippen LogP contribution is 2.22. The number of hydrogen-bond acceptors (Lipinski definition) is 2. The predicted molar refractivity (Wildman–Crippen MR) is 80.9 cm³/mol. The summed E-state index contributed by atoms with van der Waals surface area (Å²) in [6.45, 7) is 6.32. The molecule has 0 saturated heterocycles. The van der Waals surface area contributed by atoms with E-state index in [-0.39, 0.29) is 0 Å². The Morgan fingerprint density at radius 3 is 2.70 bits per heavy atom. The Kier molecular flexibility index (Phi) is 3.25. The van der Waals surface area contributed by atoms with Crippen molar-refractivity contribution in [3.63, 3.8) is 0 Å². The highest BCUT2D eigenvalue weighted by molar-refractivity contribution is 5.63. The number of aromatic nitrogens is 2. The van der Waals surface area contributed by atoms with Crippen LogP contribution in [0.2, 0.25) is 0 Å². The molecule has 0 amide bonds. The number of benzene rings is 1. The molecule has 2 heterocycles. The summed E-state index contributed by atoms with van der Waals surface area (Å²) < 4.78 is 7.61. The second-order valence-corrected chi connectivity index (χ2v) is 4.86. The molecule has 100 valence electrons. The number of hydrogen-bond donors (Lipinski definition) is 0. The zero-order valence-corrected chi connectivity index (χ0v) is 11.4. The Balaban J connectivity index is 1.85. The van der Waals surface area contributed by atoms with Crippen molar-refractivity contribution < 1.29 is 4.74 Å². The molecular weight excluding hydrogens is 248 g/mol. The third kappa shape index (κ3) is 2.57. The summed E-state index contributed by atoms with van der Waals surface area (Å²) in [4.78, 5) is 4.59. The zero-order valence-electron chi connectivity index (χ0n) is 11.4. The third-order valence-corrected chi connectivity index (χ3v) is 3.00. The van der Waals surface area contributed by atoms with E-state index in [4.69, 9.17) is 4.74 Å². The van der Waals surface area contributed by atoms with Crippen LogP contribution in [0.5, 0.6) is 5.75 Å². The minimum atomic E-state index is 0.549. The van der Waals surface area contributed by atoms with Gasteiger partial charge in [-0.05, 0) is 48.9 Å². The SMILES string of the molecule is C=C(C)COc1ccc(-c2cn3ccccc3n2)cc1. The van der Waals surface area contributed by atoms with Crippen LogP contribution in [0, 0.1) is 0 Å². The Morgan fingerprint density at radius 1 is 1.20 bits per heavy atom. The van der Waals surface area contributed by atoms with Gasteiger partial charge in [0.1, 0.15) is 18.0 Å². The Bertz CT molecular complexity index is 708. The van der Waals surface area contributed by atoms with Gasteiger partial charge in [-0.25, -0.2) is 4.98 Å². The second-order valence-electron chi connectivity index (χ2n) is 4.86. The van der Waals surface area contributed by atoms with Crippen LogP contribution in [0.4, 0.5) is 0 Å². The third-order valence-electron chi connectivity index (χ3n) is 3.00. The lowest BCUT2D eigenvalue weighted by Crippen LogP contribution is -1.97. The molecule has 0 radical (unpaired) electrons. The molecule has 0 fully saturated rings. The van der Waals surface area contributed by atoms with E-state index in [1.165, 1.54) is 0 Å². The fraction of sp³-hybridized carbons (Fsp3) is 0.118. The minimum Gasteiger partial charge on any atom is -0.489 e. The van der Waals surface area contributed by atoms with Gasteiger partial charge in [-0.15, -0.1) is 0 Å². The quantitative estimate of drug-likeness (QED) is 0.667. The molecule has 0 unspecified atom stereocenters. The standard InChI is InChI=1S/C17H16N2O/c1-13(2)12-20-15-8-6-14(7-9-15)16-11-19-10-4-3-5-17(19)18-16/h3-11H,1,12H2,2H3. The van der Waals surface area contributed by atoms with Crippen molar-refractivity contribution >= 4 is 5.65 Å².